The zero-order valence-corrected chi connectivity index (χ0v) is 12.4. The van der Waals surface area contributed by atoms with Gasteiger partial charge in [-0.2, -0.15) is 13.2 Å². The summed E-state index contributed by atoms with van der Waals surface area (Å²) in [7, 11) is 0. The molecule has 1 aromatic rings. The zero-order chi connectivity index (χ0) is 16.2. The Morgan fingerprint density at radius 3 is 2.38 bits per heavy atom. The van der Waals surface area contributed by atoms with Crippen LogP contribution < -0.4 is 4.90 Å². The Labute approximate surface area is 122 Å². The van der Waals surface area contributed by atoms with Crippen molar-refractivity contribution in [2.24, 2.45) is 5.92 Å². The first-order valence-corrected chi connectivity index (χ1v) is 6.90. The minimum Gasteiger partial charge on any atom is -0.478 e. The molecule has 6 heteroatoms. The van der Waals surface area contributed by atoms with Gasteiger partial charge in [0.1, 0.15) is 0 Å². The summed E-state index contributed by atoms with van der Waals surface area (Å²) in [6.07, 6.45) is -3.72. The second-order valence-corrected chi connectivity index (χ2v) is 5.08. The highest BCUT2D eigenvalue weighted by molar-refractivity contribution is 5.91. The summed E-state index contributed by atoms with van der Waals surface area (Å²) in [4.78, 5) is 13.0. The van der Waals surface area contributed by atoms with Crippen LogP contribution in [0.15, 0.2) is 18.2 Å². The molecule has 1 N–H and O–H groups in total. The number of benzene rings is 1. The Kier molecular flexibility index (Phi) is 5.63. The van der Waals surface area contributed by atoms with Crippen molar-refractivity contribution in [3.05, 3.63) is 29.3 Å². The van der Waals surface area contributed by atoms with Crippen LogP contribution in [0.5, 0.6) is 0 Å². The van der Waals surface area contributed by atoms with Crippen molar-refractivity contribution in [2.45, 2.75) is 33.4 Å². The van der Waals surface area contributed by atoms with Gasteiger partial charge < -0.3 is 10.0 Å². The third-order valence-corrected chi connectivity index (χ3v) is 3.51. The van der Waals surface area contributed by atoms with Gasteiger partial charge in [-0.15, -0.1) is 0 Å². The quantitative estimate of drug-likeness (QED) is 0.853. The molecule has 0 amide bonds. The van der Waals surface area contributed by atoms with E-state index in [1.807, 2.05) is 25.7 Å². The van der Waals surface area contributed by atoms with E-state index in [1.54, 1.807) is 0 Å². The van der Waals surface area contributed by atoms with E-state index in [2.05, 4.69) is 0 Å². The maximum atomic E-state index is 12.8. The number of carboxylic acids is 1. The van der Waals surface area contributed by atoms with E-state index in [9.17, 15) is 18.0 Å². The Morgan fingerprint density at radius 1 is 1.33 bits per heavy atom. The first-order valence-electron chi connectivity index (χ1n) is 6.90. The van der Waals surface area contributed by atoms with Gasteiger partial charge in [-0.3, -0.25) is 0 Å². The standard InChI is InChI=1S/C15H20F3NO2/c1-4-10(3)9-19(5-2)11-6-7-13(15(16,17)18)12(8-11)14(20)21/h6-8,10H,4-5,9H2,1-3H3,(H,20,21). The molecule has 118 valence electrons. The van der Waals surface area contributed by atoms with Crippen molar-refractivity contribution in [2.75, 3.05) is 18.0 Å². The molecule has 0 aliphatic carbocycles. The summed E-state index contributed by atoms with van der Waals surface area (Å²) < 4.78 is 38.4. The lowest BCUT2D eigenvalue weighted by Crippen LogP contribution is -2.28. The van der Waals surface area contributed by atoms with Gasteiger partial charge in [-0.05, 0) is 31.0 Å². The number of carboxylic acid groups (broad SMARTS) is 1. The van der Waals surface area contributed by atoms with E-state index in [0.717, 1.165) is 18.6 Å². The maximum absolute atomic E-state index is 12.8. The van der Waals surface area contributed by atoms with E-state index in [0.29, 0.717) is 24.7 Å². The van der Waals surface area contributed by atoms with Crippen molar-refractivity contribution in [1.82, 2.24) is 0 Å². The second-order valence-electron chi connectivity index (χ2n) is 5.08. The smallest absolute Gasteiger partial charge is 0.417 e. The molecule has 1 unspecified atom stereocenters. The van der Waals surface area contributed by atoms with Gasteiger partial charge >= 0.3 is 12.1 Å². The molecular formula is C15H20F3NO2. The predicted octanol–water partition coefficient (Wildman–Crippen LogP) is 4.28. The summed E-state index contributed by atoms with van der Waals surface area (Å²) in [5, 5.41) is 9.02. The minimum absolute atomic E-state index is 0.375. The van der Waals surface area contributed by atoms with Crippen LogP contribution in [0.2, 0.25) is 0 Å². The van der Waals surface area contributed by atoms with Gasteiger partial charge in [0.2, 0.25) is 0 Å². The number of halogens is 3. The largest absolute Gasteiger partial charge is 0.478 e. The fourth-order valence-corrected chi connectivity index (χ4v) is 2.08. The summed E-state index contributed by atoms with van der Waals surface area (Å²) in [6.45, 7) is 7.26. The van der Waals surface area contributed by atoms with Gasteiger partial charge in [0.05, 0.1) is 11.1 Å². The SMILES string of the molecule is CCC(C)CN(CC)c1ccc(C(F)(F)F)c(C(=O)O)c1. The number of anilines is 1. The number of aromatic carboxylic acids is 1. The van der Waals surface area contributed by atoms with Gasteiger partial charge in [0.25, 0.3) is 0 Å². The van der Waals surface area contributed by atoms with Gasteiger partial charge in [0, 0.05) is 18.8 Å². The van der Waals surface area contributed by atoms with Crippen molar-refractivity contribution >= 4 is 11.7 Å². The Hall–Kier alpha value is -1.72. The minimum atomic E-state index is -4.67. The second kappa shape index (κ2) is 6.83. The molecule has 0 heterocycles. The third-order valence-electron chi connectivity index (χ3n) is 3.51. The highest BCUT2D eigenvalue weighted by Crippen LogP contribution is 2.34. The first kappa shape index (κ1) is 17.3. The lowest BCUT2D eigenvalue weighted by atomic mass is 10.0. The van der Waals surface area contributed by atoms with Crippen LogP contribution >= 0.6 is 0 Å². The van der Waals surface area contributed by atoms with E-state index >= 15 is 0 Å². The summed E-state index contributed by atoms with van der Waals surface area (Å²) in [5.74, 6) is -1.19. The topological polar surface area (TPSA) is 40.5 Å². The third kappa shape index (κ3) is 4.37. The fraction of sp³-hybridized carbons (Fsp3) is 0.533. The molecule has 0 saturated carbocycles. The first-order chi connectivity index (χ1) is 9.70. The number of rotatable bonds is 6. The van der Waals surface area contributed by atoms with E-state index in [1.165, 1.54) is 6.07 Å². The van der Waals surface area contributed by atoms with Crippen LogP contribution in [0.3, 0.4) is 0 Å². The Morgan fingerprint density at radius 2 is 1.95 bits per heavy atom. The molecule has 21 heavy (non-hydrogen) atoms. The average molecular weight is 303 g/mol. The number of carbonyl (C=O) groups is 1. The van der Waals surface area contributed by atoms with E-state index in [-0.39, 0.29) is 0 Å². The number of hydrogen-bond acceptors (Lipinski definition) is 2. The van der Waals surface area contributed by atoms with Crippen molar-refractivity contribution in [3.8, 4) is 0 Å². The fourth-order valence-electron chi connectivity index (χ4n) is 2.08. The summed E-state index contributed by atoms with van der Waals surface area (Å²) in [6, 6.07) is 3.29. The van der Waals surface area contributed by atoms with Crippen LogP contribution in [-0.4, -0.2) is 24.2 Å². The molecule has 0 radical (unpaired) electrons. The molecule has 3 nitrogen and oxygen atoms in total. The number of alkyl halides is 3. The monoisotopic (exact) mass is 303 g/mol. The molecule has 0 bridgehead atoms. The molecule has 0 aromatic heterocycles. The Bertz CT molecular complexity index is 500. The van der Waals surface area contributed by atoms with Gasteiger partial charge in [-0.1, -0.05) is 20.3 Å². The molecule has 0 saturated heterocycles. The highest BCUT2D eigenvalue weighted by atomic mass is 19.4. The van der Waals surface area contributed by atoms with Crippen LogP contribution in [0, 0.1) is 5.92 Å². The number of hydrogen-bond donors (Lipinski definition) is 1. The molecular weight excluding hydrogens is 283 g/mol. The summed E-state index contributed by atoms with van der Waals surface area (Å²) >= 11 is 0. The van der Waals surface area contributed by atoms with Crippen molar-refractivity contribution in [3.63, 3.8) is 0 Å². The van der Waals surface area contributed by atoms with E-state index in [4.69, 9.17) is 5.11 Å². The van der Waals surface area contributed by atoms with Gasteiger partial charge in [0.15, 0.2) is 0 Å². The molecule has 1 aromatic carbocycles. The lowest BCUT2D eigenvalue weighted by Gasteiger charge is -2.27. The molecule has 1 atom stereocenters. The van der Waals surface area contributed by atoms with Crippen LogP contribution in [0.4, 0.5) is 18.9 Å². The predicted molar refractivity (Wildman–Crippen MR) is 75.7 cm³/mol. The summed E-state index contributed by atoms with van der Waals surface area (Å²) in [5.41, 5.74) is -1.32. The Balaban J connectivity index is 3.21. The zero-order valence-electron chi connectivity index (χ0n) is 12.4. The van der Waals surface area contributed by atoms with Crippen LogP contribution in [-0.2, 0) is 6.18 Å². The van der Waals surface area contributed by atoms with Gasteiger partial charge in [-0.25, -0.2) is 4.79 Å². The maximum Gasteiger partial charge on any atom is 0.417 e. The average Bonchev–Trinajstić information content (AvgIpc) is 2.42. The van der Waals surface area contributed by atoms with E-state index < -0.39 is 23.3 Å². The molecule has 0 fully saturated rings. The highest BCUT2D eigenvalue weighted by Gasteiger charge is 2.35. The molecule has 0 aliphatic rings. The molecule has 0 aliphatic heterocycles. The van der Waals surface area contributed by atoms with Crippen molar-refractivity contribution in [1.29, 1.82) is 0 Å². The molecule has 0 spiro atoms. The lowest BCUT2D eigenvalue weighted by molar-refractivity contribution is -0.138. The van der Waals surface area contributed by atoms with Crippen molar-refractivity contribution < 1.29 is 23.1 Å². The normalized spacial score (nSPS) is 13.0. The van der Waals surface area contributed by atoms with Crippen LogP contribution in [0.25, 0.3) is 0 Å². The molecule has 1 rings (SSSR count). The van der Waals surface area contributed by atoms with Crippen LogP contribution in [0.1, 0.15) is 43.1 Å². The number of nitrogens with zero attached hydrogens (tertiary/aromatic N) is 1.